The molecule has 4 rings (SSSR count). The number of amides is 1. The minimum absolute atomic E-state index is 0.0370. The van der Waals surface area contributed by atoms with Gasteiger partial charge >= 0.3 is 0 Å². The molecular formula is C17H17N3O5S2. The van der Waals surface area contributed by atoms with E-state index < -0.39 is 20.0 Å². The summed E-state index contributed by atoms with van der Waals surface area (Å²) in [6.45, 7) is 0.222. The molecule has 0 saturated carbocycles. The zero-order chi connectivity index (χ0) is 19.4. The SMILES string of the molecule is NS(=O)(=O)c1ccc2c(c1)CCN2S(=O)(=O)c1ccc2c(c1)CCC(=O)N2. The third-order valence-corrected chi connectivity index (χ3v) is 7.51. The van der Waals surface area contributed by atoms with Gasteiger partial charge in [0.15, 0.2) is 0 Å². The van der Waals surface area contributed by atoms with Crippen LogP contribution in [0.15, 0.2) is 46.2 Å². The largest absolute Gasteiger partial charge is 0.326 e. The molecule has 0 aliphatic carbocycles. The Morgan fingerprint density at radius 2 is 1.59 bits per heavy atom. The lowest BCUT2D eigenvalue weighted by Crippen LogP contribution is -2.29. The predicted octanol–water partition coefficient (Wildman–Crippen LogP) is 0.970. The first-order valence-corrected chi connectivity index (χ1v) is 11.3. The summed E-state index contributed by atoms with van der Waals surface area (Å²) in [6.07, 6.45) is 1.21. The molecule has 0 saturated heterocycles. The molecule has 2 aromatic carbocycles. The number of fused-ring (bicyclic) bond motifs is 2. The van der Waals surface area contributed by atoms with Crippen molar-refractivity contribution in [1.82, 2.24) is 0 Å². The van der Waals surface area contributed by atoms with E-state index in [0.29, 0.717) is 36.2 Å². The maximum atomic E-state index is 13.1. The molecule has 2 aromatic rings. The number of aryl methyl sites for hydroxylation is 1. The zero-order valence-electron chi connectivity index (χ0n) is 14.2. The van der Waals surface area contributed by atoms with Gasteiger partial charge in [-0.2, -0.15) is 0 Å². The average Bonchev–Trinajstić information content (AvgIpc) is 3.04. The monoisotopic (exact) mass is 407 g/mol. The first kappa shape index (κ1) is 18.0. The van der Waals surface area contributed by atoms with Crippen LogP contribution >= 0.6 is 0 Å². The van der Waals surface area contributed by atoms with Gasteiger partial charge in [-0.05, 0) is 60.4 Å². The Morgan fingerprint density at radius 1 is 0.889 bits per heavy atom. The molecule has 0 radical (unpaired) electrons. The molecule has 2 aliphatic rings. The molecule has 0 aromatic heterocycles. The third kappa shape index (κ3) is 3.09. The number of anilines is 2. The molecule has 0 fully saturated rings. The van der Waals surface area contributed by atoms with E-state index in [2.05, 4.69) is 5.32 Å². The summed E-state index contributed by atoms with van der Waals surface area (Å²) in [5.41, 5.74) is 2.48. The van der Waals surface area contributed by atoms with Gasteiger partial charge in [-0.3, -0.25) is 9.10 Å². The molecule has 0 unspecified atom stereocenters. The Kier molecular flexibility index (Phi) is 4.02. The van der Waals surface area contributed by atoms with E-state index in [1.165, 1.54) is 28.6 Å². The van der Waals surface area contributed by atoms with Gasteiger partial charge in [-0.1, -0.05) is 0 Å². The second kappa shape index (κ2) is 6.04. The molecule has 0 spiro atoms. The highest BCUT2D eigenvalue weighted by Gasteiger charge is 2.32. The van der Waals surface area contributed by atoms with E-state index in [1.54, 1.807) is 12.1 Å². The van der Waals surface area contributed by atoms with Crippen LogP contribution < -0.4 is 14.8 Å². The molecule has 2 aliphatic heterocycles. The highest BCUT2D eigenvalue weighted by atomic mass is 32.2. The van der Waals surface area contributed by atoms with Crippen molar-refractivity contribution in [1.29, 1.82) is 0 Å². The van der Waals surface area contributed by atoms with Gasteiger partial charge in [-0.25, -0.2) is 22.0 Å². The number of sulfonamides is 2. The quantitative estimate of drug-likeness (QED) is 0.784. The standard InChI is InChI=1S/C17H17N3O5S2/c18-26(22,23)13-3-5-16-12(10-13)7-8-20(16)27(24,25)14-2-4-15-11(9-14)1-6-17(21)19-15/h2-5,9-10H,1,6-8H2,(H,19,21)(H2,18,22,23). The molecule has 10 heteroatoms. The van der Waals surface area contributed by atoms with Crippen molar-refractivity contribution in [2.24, 2.45) is 5.14 Å². The van der Waals surface area contributed by atoms with Gasteiger partial charge < -0.3 is 5.32 Å². The molecule has 8 nitrogen and oxygen atoms in total. The van der Waals surface area contributed by atoms with Crippen LogP contribution in [0.2, 0.25) is 0 Å². The maximum Gasteiger partial charge on any atom is 0.264 e. The van der Waals surface area contributed by atoms with Crippen LogP contribution in [0.3, 0.4) is 0 Å². The third-order valence-electron chi connectivity index (χ3n) is 4.79. The smallest absolute Gasteiger partial charge is 0.264 e. The van der Waals surface area contributed by atoms with E-state index >= 15 is 0 Å². The predicted molar refractivity (Wildman–Crippen MR) is 99.4 cm³/mol. The number of nitrogens with two attached hydrogens (primary N) is 1. The summed E-state index contributed by atoms with van der Waals surface area (Å²) in [5, 5.41) is 7.88. The summed E-state index contributed by atoms with van der Waals surface area (Å²) in [4.78, 5) is 11.6. The van der Waals surface area contributed by atoms with Crippen molar-refractivity contribution in [2.75, 3.05) is 16.2 Å². The fourth-order valence-electron chi connectivity index (χ4n) is 3.42. The van der Waals surface area contributed by atoms with Crippen LogP contribution in [0, 0.1) is 0 Å². The van der Waals surface area contributed by atoms with Crippen molar-refractivity contribution < 1.29 is 21.6 Å². The van der Waals surface area contributed by atoms with Gasteiger partial charge in [0, 0.05) is 18.7 Å². The summed E-state index contributed by atoms with van der Waals surface area (Å²) in [6, 6.07) is 8.85. The second-order valence-electron chi connectivity index (χ2n) is 6.53. The molecule has 27 heavy (non-hydrogen) atoms. The minimum Gasteiger partial charge on any atom is -0.326 e. The number of hydrogen-bond donors (Lipinski definition) is 2. The van der Waals surface area contributed by atoms with Crippen LogP contribution in [-0.4, -0.2) is 29.3 Å². The zero-order valence-corrected chi connectivity index (χ0v) is 15.8. The summed E-state index contributed by atoms with van der Waals surface area (Å²) < 4.78 is 50.5. The number of benzene rings is 2. The first-order valence-electron chi connectivity index (χ1n) is 8.27. The van der Waals surface area contributed by atoms with Crippen LogP contribution in [-0.2, 0) is 37.7 Å². The second-order valence-corrected chi connectivity index (χ2v) is 9.95. The summed E-state index contributed by atoms with van der Waals surface area (Å²) >= 11 is 0. The fourth-order valence-corrected chi connectivity index (χ4v) is 5.54. The number of rotatable bonds is 3. The number of primary sulfonamides is 1. The molecule has 0 bridgehead atoms. The summed E-state index contributed by atoms with van der Waals surface area (Å²) in [5.74, 6) is -0.0859. The topological polar surface area (TPSA) is 127 Å². The lowest BCUT2D eigenvalue weighted by molar-refractivity contribution is -0.116. The van der Waals surface area contributed by atoms with E-state index in [4.69, 9.17) is 5.14 Å². The highest BCUT2D eigenvalue weighted by Crippen LogP contribution is 2.35. The maximum absolute atomic E-state index is 13.1. The lowest BCUT2D eigenvalue weighted by atomic mass is 10.0. The number of nitrogens with one attached hydrogen (secondary N) is 1. The number of nitrogens with zero attached hydrogens (tertiary/aromatic N) is 1. The van der Waals surface area contributed by atoms with Crippen molar-refractivity contribution >= 4 is 37.3 Å². The molecule has 3 N–H and O–H groups in total. The van der Waals surface area contributed by atoms with Crippen molar-refractivity contribution in [3.63, 3.8) is 0 Å². The lowest BCUT2D eigenvalue weighted by Gasteiger charge is -2.22. The molecular weight excluding hydrogens is 390 g/mol. The highest BCUT2D eigenvalue weighted by molar-refractivity contribution is 7.92. The average molecular weight is 407 g/mol. The molecule has 2 heterocycles. The Bertz CT molecular complexity index is 1170. The molecule has 0 atom stereocenters. The van der Waals surface area contributed by atoms with Gasteiger partial charge in [0.1, 0.15) is 0 Å². The Hall–Kier alpha value is -2.43. The number of carbonyl (C=O) groups excluding carboxylic acids is 1. The van der Waals surface area contributed by atoms with E-state index in [-0.39, 0.29) is 22.2 Å². The van der Waals surface area contributed by atoms with Gasteiger partial charge in [0.25, 0.3) is 10.0 Å². The minimum atomic E-state index is -3.85. The Balaban J connectivity index is 1.72. The van der Waals surface area contributed by atoms with Crippen LogP contribution in [0.5, 0.6) is 0 Å². The normalized spacial score (nSPS) is 16.6. The van der Waals surface area contributed by atoms with Crippen molar-refractivity contribution in [3.8, 4) is 0 Å². The fraction of sp³-hybridized carbons (Fsp3) is 0.235. The van der Waals surface area contributed by atoms with Crippen LogP contribution in [0.4, 0.5) is 11.4 Å². The van der Waals surface area contributed by atoms with E-state index in [0.717, 1.165) is 5.56 Å². The molecule has 1 amide bonds. The van der Waals surface area contributed by atoms with Crippen LogP contribution in [0.25, 0.3) is 0 Å². The van der Waals surface area contributed by atoms with Crippen molar-refractivity contribution in [2.45, 2.75) is 29.1 Å². The number of carbonyl (C=O) groups is 1. The Labute approximate surface area is 157 Å². The number of hydrogen-bond acceptors (Lipinski definition) is 5. The van der Waals surface area contributed by atoms with E-state index in [1.807, 2.05) is 0 Å². The molecule has 142 valence electrons. The summed E-state index contributed by atoms with van der Waals surface area (Å²) in [7, 11) is -7.65. The van der Waals surface area contributed by atoms with Gasteiger partial charge in [0.2, 0.25) is 15.9 Å². The van der Waals surface area contributed by atoms with Gasteiger partial charge in [0.05, 0.1) is 15.5 Å². The Morgan fingerprint density at radius 3 is 2.33 bits per heavy atom. The van der Waals surface area contributed by atoms with E-state index in [9.17, 15) is 21.6 Å². The van der Waals surface area contributed by atoms with Gasteiger partial charge in [-0.15, -0.1) is 0 Å². The first-order chi connectivity index (χ1) is 12.7. The van der Waals surface area contributed by atoms with Crippen molar-refractivity contribution in [3.05, 3.63) is 47.5 Å². The van der Waals surface area contributed by atoms with Crippen LogP contribution in [0.1, 0.15) is 17.5 Å².